The fourth-order valence-electron chi connectivity index (χ4n) is 1.91. The van der Waals surface area contributed by atoms with Crippen LogP contribution in [0.1, 0.15) is 24.0 Å². The van der Waals surface area contributed by atoms with Gasteiger partial charge in [-0.15, -0.1) is 0 Å². The molecule has 2 heterocycles. The third-order valence-electron chi connectivity index (χ3n) is 2.87. The molecule has 0 aromatic carbocycles. The fourth-order valence-corrected chi connectivity index (χ4v) is 2.27. The van der Waals surface area contributed by atoms with Gasteiger partial charge in [0.05, 0.1) is 28.6 Å². The Kier molecular flexibility index (Phi) is 4.04. The summed E-state index contributed by atoms with van der Waals surface area (Å²) in [4.78, 5) is 0. The lowest BCUT2D eigenvalue weighted by atomic mass is 10.3. The van der Waals surface area contributed by atoms with Gasteiger partial charge in [0, 0.05) is 19.8 Å². The van der Waals surface area contributed by atoms with Gasteiger partial charge in [-0.25, -0.2) is 0 Å². The zero-order valence-electron chi connectivity index (χ0n) is 10.9. The van der Waals surface area contributed by atoms with Gasteiger partial charge in [0.2, 0.25) is 0 Å². The van der Waals surface area contributed by atoms with Gasteiger partial charge >= 0.3 is 0 Å². The molecule has 0 unspecified atom stereocenters. The first-order valence-electron chi connectivity index (χ1n) is 6.02. The highest BCUT2D eigenvalue weighted by molar-refractivity contribution is 6.31. The second-order valence-corrected chi connectivity index (χ2v) is 4.60. The Morgan fingerprint density at radius 3 is 2.78 bits per heavy atom. The average molecular weight is 268 g/mol. The van der Waals surface area contributed by atoms with Gasteiger partial charge in [-0.1, -0.05) is 18.5 Å². The second-order valence-electron chi connectivity index (χ2n) is 4.22. The summed E-state index contributed by atoms with van der Waals surface area (Å²) in [6.07, 6.45) is 2.80. The van der Waals surface area contributed by atoms with Crippen molar-refractivity contribution in [1.29, 1.82) is 0 Å². The first-order chi connectivity index (χ1) is 8.65. The Balaban J connectivity index is 2.20. The summed E-state index contributed by atoms with van der Waals surface area (Å²) in [6, 6.07) is 2.00. The van der Waals surface area contributed by atoms with E-state index < -0.39 is 0 Å². The van der Waals surface area contributed by atoms with E-state index in [9.17, 15) is 0 Å². The molecule has 18 heavy (non-hydrogen) atoms. The molecule has 0 saturated heterocycles. The van der Waals surface area contributed by atoms with Crippen molar-refractivity contribution < 1.29 is 0 Å². The van der Waals surface area contributed by atoms with Crippen LogP contribution >= 0.6 is 11.6 Å². The Bertz CT molecular complexity index is 529. The molecule has 0 aliphatic rings. The Hall–Kier alpha value is -1.33. The predicted molar refractivity (Wildman–Crippen MR) is 71.7 cm³/mol. The topological polar surface area (TPSA) is 47.7 Å². The summed E-state index contributed by atoms with van der Waals surface area (Å²) in [6.45, 7) is 3.47. The van der Waals surface area contributed by atoms with Crippen LogP contribution in [0.2, 0.25) is 5.02 Å². The van der Waals surface area contributed by atoms with E-state index in [4.69, 9.17) is 11.6 Å². The van der Waals surface area contributed by atoms with E-state index in [1.807, 2.05) is 35.7 Å². The molecule has 0 atom stereocenters. The molecule has 0 bridgehead atoms. The van der Waals surface area contributed by atoms with Gasteiger partial charge < -0.3 is 5.32 Å². The maximum Gasteiger partial charge on any atom is 0.0869 e. The van der Waals surface area contributed by atoms with Crippen LogP contribution in [0.3, 0.4) is 0 Å². The lowest BCUT2D eigenvalue weighted by molar-refractivity contribution is 0.607. The maximum absolute atomic E-state index is 6.31. The van der Waals surface area contributed by atoms with E-state index >= 15 is 0 Å². The van der Waals surface area contributed by atoms with Gasteiger partial charge in [0.25, 0.3) is 0 Å². The van der Waals surface area contributed by atoms with Gasteiger partial charge in [-0.3, -0.25) is 9.36 Å². The Morgan fingerprint density at radius 1 is 1.39 bits per heavy atom. The van der Waals surface area contributed by atoms with Crippen molar-refractivity contribution in [1.82, 2.24) is 24.9 Å². The van der Waals surface area contributed by atoms with Crippen molar-refractivity contribution >= 4 is 11.6 Å². The number of rotatable bonds is 5. The van der Waals surface area contributed by atoms with Gasteiger partial charge in [0.15, 0.2) is 0 Å². The van der Waals surface area contributed by atoms with Crippen molar-refractivity contribution in [3.8, 4) is 0 Å². The third-order valence-corrected chi connectivity index (χ3v) is 3.30. The van der Waals surface area contributed by atoms with Crippen molar-refractivity contribution in [2.75, 3.05) is 7.05 Å². The number of nitrogens with one attached hydrogen (secondary N) is 1. The monoisotopic (exact) mass is 267 g/mol. The highest BCUT2D eigenvalue weighted by Crippen LogP contribution is 2.21. The van der Waals surface area contributed by atoms with E-state index in [1.165, 1.54) is 0 Å². The number of hydrogen-bond acceptors (Lipinski definition) is 3. The van der Waals surface area contributed by atoms with E-state index in [2.05, 4.69) is 22.4 Å². The molecule has 2 rings (SSSR count). The number of halogens is 1. The van der Waals surface area contributed by atoms with E-state index in [0.717, 1.165) is 35.1 Å². The zero-order chi connectivity index (χ0) is 13.1. The maximum atomic E-state index is 6.31. The van der Waals surface area contributed by atoms with Crippen molar-refractivity contribution in [2.45, 2.75) is 26.4 Å². The van der Waals surface area contributed by atoms with Crippen LogP contribution in [0.15, 0.2) is 12.3 Å². The summed E-state index contributed by atoms with van der Waals surface area (Å²) in [7, 11) is 3.82. The SMILES string of the molecule is CCc1nn(C)c(Cn2ccc(CNC)n2)c1Cl. The fraction of sp³-hybridized carbons (Fsp3) is 0.500. The van der Waals surface area contributed by atoms with Crippen LogP contribution in [0.25, 0.3) is 0 Å². The van der Waals surface area contributed by atoms with E-state index in [1.54, 1.807) is 0 Å². The minimum absolute atomic E-state index is 0.645. The molecule has 0 aliphatic carbocycles. The Morgan fingerprint density at radius 2 is 2.17 bits per heavy atom. The first-order valence-corrected chi connectivity index (χ1v) is 6.40. The van der Waals surface area contributed by atoms with Crippen LogP contribution in [0, 0.1) is 0 Å². The molecule has 1 N–H and O–H groups in total. The van der Waals surface area contributed by atoms with Crippen molar-refractivity contribution in [2.24, 2.45) is 7.05 Å². The predicted octanol–water partition coefficient (Wildman–Crippen LogP) is 1.60. The molecule has 0 spiro atoms. The minimum atomic E-state index is 0.645. The summed E-state index contributed by atoms with van der Waals surface area (Å²) in [5.74, 6) is 0. The molecule has 0 amide bonds. The van der Waals surface area contributed by atoms with Gasteiger partial charge in [-0.05, 0) is 19.5 Å². The van der Waals surface area contributed by atoms with E-state index in [0.29, 0.717) is 6.54 Å². The summed E-state index contributed by atoms with van der Waals surface area (Å²) in [5, 5.41) is 12.7. The third kappa shape index (κ3) is 2.57. The molecule has 2 aromatic heterocycles. The lowest BCUT2D eigenvalue weighted by Gasteiger charge is -2.03. The zero-order valence-corrected chi connectivity index (χ0v) is 11.7. The molecule has 0 aliphatic heterocycles. The van der Waals surface area contributed by atoms with Gasteiger partial charge in [0.1, 0.15) is 0 Å². The molecule has 98 valence electrons. The number of hydrogen-bond donors (Lipinski definition) is 1. The second kappa shape index (κ2) is 5.54. The molecule has 0 saturated carbocycles. The van der Waals surface area contributed by atoms with Crippen LogP contribution < -0.4 is 5.32 Å². The molecule has 0 radical (unpaired) electrons. The summed E-state index contributed by atoms with van der Waals surface area (Å²) >= 11 is 6.31. The standard InChI is InChI=1S/C12H18ClN5/c1-4-10-12(13)11(17(3)16-10)8-18-6-5-9(15-18)7-14-2/h5-6,14H,4,7-8H2,1-3H3. The molecule has 6 heteroatoms. The van der Waals surface area contributed by atoms with E-state index in [-0.39, 0.29) is 0 Å². The first kappa shape index (κ1) is 13.1. The highest BCUT2D eigenvalue weighted by Gasteiger charge is 2.13. The average Bonchev–Trinajstić information content (AvgIpc) is 2.89. The van der Waals surface area contributed by atoms with Crippen LogP contribution in [-0.4, -0.2) is 26.6 Å². The normalized spacial score (nSPS) is 11.1. The van der Waals surface area contributed by atoms with Crippen LogP contribution in [0.4, 0.5) is 0 Å². The van der Waals surface area contributed by atoms with Crippen molar-refractivity contribution in [3.63, 3.8) is 0 Å². The van der Waals surface area contributed by atoms with Crippen LogP contribution in [0.5, 0.6) is 0 Å². The minimum Gasteiger partial charge on any atom is -0.314 e. The number of aromatic nitrogens is 4. The number of nitrogens with zero attached hydrogens (tertiary/aromatic N) is 4. The molecular formula is C12H18ClN5. The lowest BCUT2D eigenvalue weighted by Crippen LogP contribution is -2.09. The van der Waals surface area contributed by atoms with Crippen LogP contribution in [-0.2, 0) is 26.6 Å². The molecular weight excluding hydrogens is 250 g/mol. The van der Waals surface area contributed by atoms with Crippen molar-refractivity contribution in [3.05, 3.63) is 34.4 Å². The quantitative estimate of drug-likeness (QED) is 0.895. The summed E-state index contributed by atoms with van der Waals surface area (Å²) < 4.78 is 3.72. The summed E-state index contributed by atoms with van der Waals surface area (Å²) in [5.41, 5.74) is 2.95. The Labute approximate surface area is 112 Å². The molecule has 5 nitrogen and oxygen atoms in total. The van der Waals surface area contributed by atoms with Gasteiger partial charge in [-0.2, -0.15) is 10.2 Å². The smallest absolute Gasteiger partial charge is 0.0869 e. The molecule has 0 fully saturated rings. The number of aryl methyl sites for hydroxylation is 2. The molecule has 2 aromatic rings. The largest absolute Gasteiger partial charge is 0.314 e. The highest BCUT2D eigenvalue weighted by atomic mass is 35.5.